The summed E-state index contributed by atoms with van der Waals surface area (Å²) < 4.78 is 5.69. The number of hydrogen-bond acceptors (Lipinski definition) is 8. The molecule has 328 valence electrons. The topological polar surface area (TPSA) is 205 Å². The van der Waals surface area contributed by atoms with Gasteiger partial charge < -0.3 is 36.4 Å². The zero-order chi connectivity index (χ0) is 45.0. The monoisotopic (exact) mass is 854 g/mol. The minimum Gasteiger partial charge on any atom is -0.484 e. The quantitative estimate of drug-likeness (QED) is 0.0512. The van der Waals surface area contributed by atoms with Crippen molar-refractivity contribution in [1.82, 2.24) is 31.6 Å². The molecular weight excluding hydrogens is 801 g/mol. The molecule has 4 aromatic carbocycles. The number of carboxylic acids is 1. The lowest BCUT2D eigenvalue weighted by Gasteiger charge is -2.26. The number of aliphatic carboxylic acids is 1. The first-order valence-electron chi connectivity index (χ1n) is 20.9. The fourth-order valence-electron chi connectivity index (χ4n) is 6.65. The molecular formula is C49H54N6O8. The highest BCUT2D eigenvalue weighted by molar-refractivity contribution is 5.96. The fraction of sp³-hybridized carbons (Fsp3) is 0.286. The van der Waals surface area contributed by atoms with Gasteiger partial charge in [-0.25, -0.2) is 0 Å². The summed E-state index contributed by atoms with van der Waals surface area (Å²) in [5, 5.41) is 22.7. The second-order valence-corrected chi connectivity index (χ2v) is 15.2. The summed E-state index contributed by atoms with van der Waals surface area (Å²) in [6.45, 7) is 3.17. The van der Waals surface area contributed by atoms with Crippen LogP contribution >= 0.6 is 0 Å². The van der Waals surface area contributed by atoms with Crippen LogP contribution in [0.3, 0.4) is 0 Å². The Morgan fingerprint density at radius 2 is 1.16 bits per heavy atom. The summed E-state index contributed by atoms with van der Waals surface area (Å²) in [6, 6.07) is 32.9. The highest BCUT2D eigenvalue weighted by Gasteiger charge is 2.31. The lowest BCUT2D eigenvalue weighted by molar-refractivity contribution is -0.137. The van der Waals surface area contributed by atoms with E-state index < -0.39 is 59.7 Å². The van der Waals surface area contributed by atoms with E-state index in [9.17, 15) is 28.8 Å². The van der Waals surface area contributed by atoms with Crippen LogP contribution in [0.1, 0.15) is 48.4 Å². The summed E-state index contributed by atoms with van der Waals surface area (Å²) >= 11 is 0. The molecule has 0 saturated heterocycles. The van der Waals surface area contributed by atoms with Gasteiger partial charge in [0.1, 0.15) is 29.9 Å². The molecule has 0 spiro atoms. The molecule has 0 radical (unpaired) electrons. The molecule has 0 saturated carbocycles. The van der Waals surface area contributed by atoms with Crippen molar-refractivity contribution in [2.24, 2.45) is 0 Å². The van der Waals surface area contributed by atoms with Crippen LogP contribution < -0.4 is 31.3 Å². The van der Waals surface area contributed by atoms with Crippen molar-refractivity contribution in [1.29, 1.82) is 0 Å². The van der Waals surface area contributed by atoms with Gasteiger partial charge >= 0.3 is 5.97 Å². The predicted octanol–water partition coefficient (Wildman–Crippen LogP) is 4.49. The summed E-state index contributed by atoms with van der Waals surface area (Å²) in [5.41, 5.74) is 5.32. The van der Waals surface area contributed by atoms with E-state index in [-0.39, 0.29) is 45.3 Å². The normalized spacial score (nSPS) is 12.7. The second-order valence-electron chi connectivity index (χ2n) is 15.2. The Bertz CT molecular complexity index is 2260. The number of rotatable bonds is 23. The van der Waals surface area contributed by atoms with Crippen LogP contribution in [0.25, 0.3) is 11.1 Å². The number of amides is 5. The molecule has 4 atom stereocenters. The Morgan fingerprint density at radius 3 is 1.79 bits per heavy atom. The summed E-state index contributed by atoms with van der Waals surface area (Å²) in [5.74, 6) is -3.50. The zero-order valence-corrected chi connectivity index (χ0v) is 35.4. The third-order valence-electron chi connectivity index (χ3n) is 10.2. The van der Waals surface area contributed by atoms with Gasteiger partial charge in [0.15, 0.2) is 6.61 Å². The largest absolute Gasteiger partial charge is 0.484 e. The van der Waals surface area contributed by atoms with Crippen LogP contribution in [0, 0.1) is 6.92 Å². The smallest absolute Gasteiger partial charge is 0.303 e. The lowest BCUT2D eigenvalue weighted by Crippen LogP contribution is -2.59. The standard InChI is InChI=1S/C49H54N6O8/c1-33-15-22-40(23-16-33)63-32-44(56)53-42(31-37-25-28-50-29-26-37)48(61)55-43(30-36-17-20-39(21-18-36)38-12-7-4-8-13-38)49(62)54-41(24-19-35-10-5-3-6-11-35)47(60)52-34(2)46(59)51-27-9-14-45(57)58/h3-8,10-13,15-18,20-23,25-26,28-29,34,41-43H,9,14,19,24,27,30-32H2,1-2H3,(H,51,59)(H,52,60)(H,53,56)(H,54,62)(H,55,61)(H,57,58). The summed E-state index contributed by atoms with van der Waals surface area (Å²) in [4.78, 5) is 83.8. The molecule has 0 fully saturated rings. The van der Waals surface area contributed by atoms with Gasteiger partial charge in [0.25, 0.3) is 5.91 Å². The van der Waals surface area contributed by atoms with Crippen molar-refractivity contribution in [2.75, 3.05) is 13.2 Å². The molecule has 5 amide bonds. The molecule has 0 aliphatic carbocycles. The van der Waals surface area contributed by atoms with E-state index in [0.717, 1.165) is 27.8 Å². The Kier molecular flexibility index (Phi) is 17.9. The molecule has 63 heavy (non-hydrogen) atoms. The van der Waals surface area contributed by atoms with E-state index in [1.54, 1.807) is 36.7 Å². The van der Waals surface area contributed by atoms with Crippen molar-refractivity contribution >= 4 is 35.5 Å². The predicted molar refractivity (Wildman–Crippen MR) is 238 cm³/mol. The van der Waals surface area contributed by atoms with Gasteiger partial charge in [0, 0.05) is 38.2 Å². The molecule has 0 aliphatic rings. The number of benzene rings is 4. The van der Waals surface area contributed by atoms with Crippen molar-refractivity contribution in [3.63, 3.8) is 0 Å². The number of carbonyl (C=O) groups excluding carboxylic acids is 5. The van der Waals surface area contributed by atoms with Crippen molar-refractivity contribution in [2.45, 2.75) is 76.5 Å². The third-order valence-corrected chi connectivity index (χ3v) is 10.2. The lowest BCUT2D eigenvalue weighted by atomic mass is 9.99. The molecule has 4 unspecified atom stereocenters. The van der Waals surface area contributed by atoms with Crippen molar-refractivity contribution in [3.8, 4) is 16.9 Å². The highest BCUT2D eigenvalue weighted by Crippen LogP contribution is 2.20. The number of carbonyl (C=O) groups is 6. The molecule has 5 rings (SSSR count). The van der Waals surface area contributed by atoms with E-state index in [4.69, 9.17) is 9.84 Å². The molecule has 0 bridgehead atoms. The first-order chi connectivity index (χ1) is 30.4. The molecule has 6 N–H and O–H groups in total. The van der Waals surface area contributed by atoms with Gasteiger partial charge in [-0.15, -0.1) is 0 Å². The molecule has 1 aromatic heterocycles. The number of hydrogen-bond donors (Lipinski definition) is 6. The molecule has 5 aromatic rings. The maximum absolute atomic E-state index is 14.5. The van der Waals surface area contributed by atoms with Crippen molar-refractivity contribution in [3.05, 3.63) is 156 Å². The second kappa shape index (κ2) is 24.2. The van der Waals surface area contributed by atoms with Crippen LogP contribution in [0.5, 0.6) is 5.75 Å². The maximum atomic E-state index is 14.5. The highest BCUT2D eigenvalue weighted by atomic mass is 16.5. The number of nitrogens with zero attached hydrogens (tertiary/aromatic N) is 1. The first-order valence-corrected chi connectivity index (χ1v) is 20.9. The number of nitrogens with one attached hydrogen (secondary N) is 5. The average molecular weight is 855 g/mol. The number of aromatic nitrogens is 1. The van der Waals surface area contributed by atoms with Gasteiger partial charge in [-0.05, 0) is 85.2 Å². The summed E-state index contributed by atoms with van der Waals surface area (Å²) in [7, 11) is 0. The van der Waals surface area contributed by atoms with Crippen LogP contribution in [0.15, 0.2) is 134 Å². The first kappa shape index (κ1) is 46.7. The van der Waals surface area contributed by atoms with Gasteiger partial charge in [-0.2, -0.15) is 0 Å². The number of carboxylic acid groups (broad SMARTS) is 1. The molecule has 1 heterocycles. The van der Waals surface area contributed by atoms with Gasteiger partial charge in [0.05, 0.1) is 0 Å². The Labute approximate surface area is 367 Å². The van der Waals surface area contributed by atoms with E-state index in [1.165, 1.54) is 6.92 Å². The maximum Gasteiger partial charge on any atom is 0.303 e. The Balaban J connectivity index is 1.38. The number of aryl methyl sites for hydroxylation is 2. The minimum atomic E-state index is -1.22. The van der Waals surface area contributed by atoms with Crippen LogP contribution in [0.2, 0.25) is 0 Å². The molecule has 0 aliphatic heterocycles. The average Bonchev–Trinajstić information content (AvgIpc) is 3.29. The van der Waals surface area contributed by atoms with Gasteiger partial charge in [-0.1, -0.05) is 103 Å². The fourth-order valence-corrected chi connectivity index (χ4v) is 6.65. The Hall–Kier alpha value is -7.35. The van der Waals surface area contributed by atoms with E-state index in [2.05, 4.69) is 31.6 Å². The van der Waals surface area contributed by atoms with E-state index >= 15 is 0 Å². The SMILES string of the molecule is Cc1ccc(OCC(=O)NC(Cc2ccncc2)C(=O)NC(Cc2ccc(-c3ccccc3)cc2)C(=O)NC(CCc2ccccc2)C(=O)NC(C)C(=O)NCCCC(=O)O)cc1. The van der Waals surface area contributed by atoms with Crippen molar-refractivity contribution < 1.29 is 38.6 Å². The van der Waals surface area contributed by atoms with E-state index in [0.29, 0.717) is 17.7 Å². The number of pyridine rings is 1. The molecule has 14 heteroatoms. The van der Waals surface area contributed by atoms with Crippen LogP contribution in [0.4, 0.5) is 0 Å². The Morgan fingerprint density at radius 1 is 0.603 bits per heavy atom. The van der Waals surface area contributed by atoms with Gasteiger partial charge in [0.2, 0.25) is 23.6 Å². The summed E-state index contributed by atoms with van der Waals surface area (Å²) in [6.07, 6.45) is 3.90. The van der Waals surface area contributed by atoms with E-state index in [1.807, 2.05) is 104 Å². The third kappa shape index (κ3) is 15.9. The molecule has 14 nitrogen and oxygen atoms in total. The zero-order valence-electron chi connectivity index (χ0n) is 35.4. The van der Waals surface area contributed by atoms with Crippen LogP contribution in [-0.4, -0.2) is 82.9 Å². The van der Waals surface area contributed by atoms with Gasteiger partial charge in [-0.3, -0.25) is 33.8 Å². The van der Waals surface area contributed by atoms with Crippen LogP contribution in [-0.2, 0) is 48.0 Å². The number of ether oxygens (including phenoxy) is 1. The minimum absolute atomic E-state index is 0.0290.